The quantitative estimate of drug-likeness (QED) is 0.642. The third-order valence-corrected chi connectivity index (χ3v) is 6.22. The molecule has 112 valence electrons. The molecule has 0 amide bonds. The van der Waals surface area contributed by atoms with Gasteiger partial charge in [-0.25, -0.2) is 0 Å². The van der Waals surface area contributed by atoms with Crippen LogP contribution in [0.25, 0.3) is 0 Å². The van der Waals surface area contributed by atoms with E-state index in [1.165, 1.54) is 0 Å². The molecule has 0 aromatic heterocycles. The summed E-state index contributed by atoms with van der Waals surface area (Å²) in [7, 11) is 0. The molecular formula is C15H22O5. The van der Waals surface area contributed by atoms with Crippen LogP contribution in [-0.4, -0.2) is 39.3 Å². The van der Waals surface area contributed by atoms with Crippen molar-refractivity contribution < 1.29 is 24.5 Å². The molecule has 0 aromatic carbocycles. The molecular weight excluding hydrogens is 260 g/mol. The zero-order chi connectivity index (χ0) is 14.9. The maximum absolute atomic E-state index is 12.5. The number of esters is 1. The third kappa shape index (κ3) is 1.35. The highest BCUT2D eigenvalue weighted by Crippen LogP contribution is 2.59. The van der Waals surface area contributed by atoms with E-state index in [0.29, 0.717) is 12.8 Å². The topological polar surface area (TPSA) is 83.8 Å². The zero-order valence-electron chi connectivity index (χ0n) is 12.2. The normalized spacial score (nSPS) is 55.1. The molecule has 6 unspecified atom stereocenters. The van der Waals surface area contributed by atoms with Crippen molar-refractivity contribution in [2.45, 2.75) is 63.8 Å². The Bertz CT molecular complexity index is 485. The summed E-state index contributed by atoms with van der Waals surface area (Å²) in [5, 5.41) is 21.8. The van der Waals surface area contributed by atoms with E-state index in [9.17, 15) is 19.8 Å². The van der Waals surface area contributed by atoms with Crippen LogP contribution in [0.5, 0.6) is 0 Å². The fraction of sp³-hybridized carbons (Fsp3) is 0.867. The van der Waals surface area contributed by atoms with Crippen LogP contribution in [0.15, 0.2) is 0 Å². The number of Topliss-reactive ketones (excluding diaryl/α,β-unsaturated/α-hetero) is 1. The molecule has 20 heavy (non-hydrogen) atoms. The molecule has 6 atom stereocenters. The SMILES string of the molecule is CC1C(=O)OC2C1CCC(C)(O)C1(O)CCC(=O)C21C. The van der Waals surface area contributed by atoms with Crippen LogP contribution in [0.4, 0.5) is 0 Å². The Hall–Kier alpha value is -0.940. The first kappa shape index (κ1) is 14.0. The van der Waals surface area contributed by atoms with Crippen LogP contribution < -0.4 is 0 Å². The fourth-order valence-corrected chi connectivity index (χ4v) is 4.63. The molecule has 3 rings (SSSR count). The number of hydrogen-bond donors (Lipinski definition) is 2. The first-order valence-corrected chi connectivity index (χ1v) is 7.34. The lowest BCUT2D eigenvalue weighted by Crippen LogP contribution is -2.63. The second-order valence-corrected chi connectivity index (χ2v) is 7.11. The highest BCUT2D eigenvalue weighted by Gasteiger charge is 2.72. The molecule has 3 fully saturated rings. The molecule has 2 aliphatic carbocycles. The van der Waals surface area contributed by atoms with E-state index < -0.39 is 22.7 Å². The Morgan fingerprint density at radius 2 is 1.85 bits per heavy atom. The summed E-state index contributed by atoms with van der Waals surface area (Å²) in [6.07, 6.45) is 0.770. The van der Waals surface area contributed by atoms with Gasteiger partial charge >= 0.3 is 5.97 Å². The second-order valence-electron chi connectivity index (χ2n) is 7.11. The van der Waals surface area contributed by atoms with Crippen LogP contribution in [0.3, 0.4) is 0 Å². The van der Waals surface area contributed by atoms with Crippen molar-refractivity contribution >= 4 is 11.8 Å². The maximum atomic E-state index is 12.5. The van der Waals surface area contributed by atoms with Crippen molar-refractivity contribution in [1.29, 1.82) is 0 Å². The molecule has 3 aliphatic rings. The molecule has 0 bridgehead atoms. The number of hydrogen-bond acceptors (Lipinski definition) is 5. The molecule has 0 spiro atoms. The van der Waals surface area contributed by atoms with Crippen molar-refractivity contribution in [1.82, 2.24) is 0 Å². The molecule has 2 N–H and O–H groups in total. The van der Waals surface area contributed by atoms with Crippen molar-refractivity contribution in [3.05, 3.63) is 0 Å². The molecule has 0 aromatic rings. The zero-order valence-corrected chi connectivity index (χ0v) is 12.2. The summed E-state index contributed by atoms with van der Waals surface area (Å²) < 4.78 is 5.47. The standard InChI is InChI=1S/C15H22O5/c1-8-9-4-6-13(2,18)15(19)7-5-10(16)14(15,3)11(9)20-12(8)17/h8-9,11,18-19H,4-7H2,1-3H3. The van der Waals surface area contributed by atoms with Gasteiger partial charge in [0.05, 0.1) is 16.9 Å². The lowest BCUT2D eigenvalue weighted by atomic mass is 9.63. The largest absolute Gasteiger partial charge is 0.461 e. The smallest absolute Gasteiger partial charge is 0.309 e. The van der Waals surface area contributed by atoms with Gasteiger partial charge in [-0.15, -0.1) is 0 Å². The number of fused-ring (bicyclic) bond motifs is 3. The minimum atomic E-state index is -1.53. The predicted octanol–water partition coefficient (Wildman–Crippen LogP) is 0.809. The average Bonchev–Trinajstić information content (AvgIpc) is 2.77. The van der Waals surface area contributed by atoms with Gasteiger partial charge in [0, 0.05) is 12.3 Å². The monoisotopic (exact) mass is 282 g/mol. The van der Waals surface area contributed by atoms with Gasteiger partial charge in [0.2, 0.25) is 0 Å². The van der Waals surface area contributed by atoms with Crippen molar-refractivity contribution in [2.75, 3.05) is 0 Å². The van der Waals surface area contributed by atoms with E-state index in [2.05, 4.69) is 0 Å². The lowest BCUT2D eigenvalue weighted by molar-refractivity contribution is -0.210. The molecule has 2 saturated carbocycles. The Labute approximate surface area is 118 Å². The number of aliphatic hydroxyl groups is 2. The van der Waals surface area contributed by atoms with Crippen molar-refractivity contribution in [3.8, 4) is 0 Å². The summed E-state index contributed by atoms with van der Waals surface area (Å²) in [5.41, 5.74) is -4.08. The summed E-state index contributed by atoms with van der Waals surface area (Å²) in [6.45, 7) is 5.05. The molecule has 1 aliphatic heterocycles. The van der Waals surface area contributed by atoms with E-state index in [0.717, 1.165) is 0 Å². The van der Waals surface area contributed by atoms with Gasteiger partial charge in [-0.3, -0.25) is 9.59 Å². The first-order valence-electron chi connectivity index (χ1n) is 7.34. The number of carbonyl (C=O) groups is 2. The van der Waals surface area contributed by atoms with Crippen molar-refractivity contribution in [3.63, 3.8) is 0 Å². The van der Waals surface area contributed by atoms with Gasteiger partial charge in [0.25, 0.3) is 0 Å². The van der Waals surface area contributed by atoms with E-state index in [4.69, 9.17) is 4.74 Å². The highest BCUT2D eigenvalue weighted by atomic mass is 16.6. The number of ketones is 1. The predicted molar refractivity (Wildman–Crippen MR) is 69.7 cm³/mol. The van der Waals surface area contributed by atoms with Crippen LogP contribution in [0.2, 0.25) is 0 Å². The van der Waals surface area contributed by atoms with Gasteiger partial charge in [0.15, 0.2) is 0 Å². The number of rotatable bonds is 0. The second kappa shape index (κ2) is 3.83. The summed E-state index contributed by atoms with van der Waals surface area (Å²) in [5.74, 6) is -0.817. The van der Waals surface area contributed by atoms with Crippen molar-refractivity contribution in [2.24, 2.45) is 17.3 Å². The van der Waals surface area contributed by atoms with Gasteiger partial charge < -0.3 is 14.9 Å². The van der Waals surface area contributed by atoms with Gasteiger partial charge in [-0.05, 0) is 33.1 Å². The Morgan fingerprint density at radius 3 is 2.50 bits per heavy atom. The van der Waals surface area contributed by atoms with Crippen LogP contribution >= 0.6 is 0 Å². The molecule has 5 nitrogen and oxygen atoms in total. The molecule has 0 radical (unpaired) electrons. The van der Waals surface area contributed by atoms with E-state index in [-0.39, 0.29) is 36.4 Å². The van der Waals surface area contributed by atoms with E-state index in [1.807, 2.05) is 0 Å². The minimum Gasteiger partial charge on any atom is -0.461 e. The van der Waals surface area contributed by atoms with E-state index >= 15 is 0 Å². The van der Waals surface area contributed by atoms with Crippen LogP contribution in [-0.2, 0) is 14.3 Å². The Kier molecular flexibility index (Phi) is 2.68. The Morgan fingerprint density at radius 1 is 1.20 bits per heavy atom. The summed E-state index contributed by atoms with van der Waals surface area (Å²) in [4.78, 5) is 24.3. The van der Waals surface area contributed by atoms with Gasteiger partial charge in [-0.2, -0.15) is 0 Å². The minimum absolute atomic E-state index is 0.112. The summed E-state index contributed by atoms with van der Waals surface area (Å²) >= 11 is 0. The molecule has 5 heteroatoms. The number of carbonyl (C=O) groups excluding carboxylic acids is 2. The lowest BCUT2D eigenvalue weighted by Gasteiger charge is -2.47. The van der Waals surface area contributed by atoms with Crippen LogP contribution in [0, 0.1) is 17.3 Å². The first-order chi connectivity index (χ1) is 9.15. The summed E-state index contributed by atoms with van der Waals surface area (Å²) in [6, 6.07) is 0. The Balaban J connectivity index is 2.16. The fourth-order valence-electron chi connectivity index (χ4n) is 4.63. The number of ether oxygens (including phenoxy) is 1. The maximum Gasteiger partial charge on any atom is 0.309 e. The average molecular weight is 282 g/mol. The molecule has 1 heterocycles. The van der Waals surface area contributed by atoms with Gasteiger partial charge in [0.1, 0.15) is 17.5 Å². The van der Waals surface area contributed by atoms with E-state index in [1.54, 1.807) is 20.8 Å². The highest BCUT2D eigenvalue weighted by molar-refractivity contribution is 5.91. The molecule has 1 saturated heterocycles. The van der Waals surface area contributed by atoms with Crippen LogP contribution in [0.1, 0.15) is 46.5 Å². The van der Waals surface area contributed by atoms with Gasteiger partial charge in [-0.1, -0.05) is 6.92 Å². The third-order valence-electron chi connectivity index (χ3n) is 6.22.